The second-order valence-electron chi connectivity index (χ2n) is 6.86. The smallest absolute Gasteiger partial charge is 0.190 e. The van der Waals surface area contributed by atoms with E-state index in [1.807, 2.05) is 28.8 Å². The number of aromatic nitrogens is 2. The van der Waals surface area contributed by atoms with Crippen molar-refractivity contribution >= 4 is 11.6 Å². The van der Waals surface area contributed by atoms with Crippen molar-refractivity contribution in [2.45, 2.75) is 25.7 Å². The van der Waals surface area contributed by atoms with Crippen LogP contribution in [0.2, 0.25) is 0 Å². The molecule has 0 radical (unpaired) electrons. The normalized spacial score (nSPS) is 16.0. The van der Waals surface area contributed by atoms with E-state index < -0.39 is 0 Å². The molecule has 0 saturated carbocycles. The van der Waals surface area contributed by atoms with Gasteiger partial charge >= 0.3 is 0 Å². The van der Waals surface area contributed by atoms with Crippen LogP contribution in [0.15, 0.2) is 35.6 Å². The monoisotopic (exact) mass is 373 g/mol. The van der Waals surface area contributed by atoms with Crippen LogP contribution in [0.4, 0.5) is 0 Å². The molecule has 0 spiro atoms. The zero-order chi connectivity index (χ0) is 18.7. The number of hydrogen-bond acceptors (Lipinski definition) is 4. The molecule has 148 valence electrons. The Morgan fingerprint density at radius 2 is 2.15 bits per heavy atom. The number of ether oxygens (including phenoxy) is 2. The van der Waals surface area contributed by atoms with Crippen molar-refractivity contribution in [3.05, 3.63) is 36.3 Å². The molecule has 27 heavy (non-hydrogen) atoms. The Bertz CT molecular complexity index is 676. The highest BCUT2D eigenvalue weighted by Gasteiger charge is 2.13. The van der Waals surface area contributed by atoms with Gasteiger partial charge < -0.3 is 24.5 Å². The van der Waals surface area contributed by atoms with E-state index in [2.05, 4.69) is 26.8 Å². The Balaban J connectivity index is 1.25. The molecule has 3 rings (SSSR count). The van der Waals surface area contributed by atoms with Gasteiger partial charge in [-0.25, -0.2) is 4.98 Å². The Morgan fingerprint density at radius 1 is 1.30 bits per heavy atom. The lowest BCUT2D eigenvalue weighted by Crippen LogP contribution is -2.39. The van der Waals surface area contributed by atoms with Gasteiger partial charge in [0.1, 0.15) is 5.65 Å². The highest BCUT2D eigenvalue weighted by molar-refractivity contribution is 5.79. The molecule has 1 aliphatic heterocycles. The number of imidazole rings is 1. The average Bonchev–Trinajstić information content (AvgIpc) is 3.12. The topological polar surface area (TPSA) is 72.2 Å². The standard InChI is InChI=1S/C20H31N5O2/c1-21-20(22-9-4-12-27-16-17-7-13-26-14-8-17)23-10-6-18-15-25-11-3-2-5-19(25)24-18/h2-3,5,11,15,17H,4,6-10,12-14,16H2,1H3,(H2,21,22,23). The molecule has 0 unspecified atom stereocenters. The number of hydrogen-bond donors (Lipinski definition) is 2. The third kappa shape index (κ3) is 6.52. The molecular weight excluding hydrogens is 342 g/mol. The molecule has 3 heterocycles. The van der Waals surface area contributed by atoms with Gasteiger partial charge in [0.25, 0.3) is 0 Å². The number of aliphatic imine (C=N–C) groups is 1. The highest BCUT2D eigenvalue weighted by atomic mass is 16.5. The first-order valence-electron chi connectivity index (χ1n) is 9.88. The number of nitrogens with zero attached hydrogens (tertiary/aromatic N) is 3. The third-order valence-electron chi connectivity index (χ3n) is 4.76. The van der Waals surface area contributed by atoms with E-state index in [1.54, 1.807) is 7.05 Å². The number of nitrogens with one attached hydrogen (secondary N) is 2. The maximum Gasteiger partial charge on any atom is 0.190 e. The summed E-state index contributed by atoms with van der Waals surface area (Å²) in [5.74, 6) is 1.49. The molecule has 7 heteroatoms. The summed E-state index contributed by atoms with van der Waals surface area (Å²) in [5.41, 5.74) is 2.06. The average molecular weight is 374 g/mol. The van der Waals surface area contributed by atoms with E-state index in [0.29, 0.717) is 5.92 Å². The van der Waals surface area contributed by atoms with Gasteiger partial charge in [-0.2, -0.15) is 0 Å². The molecule has 0 aliphatic carbocycles. The summed E-state index contributed by atoms with van der Waals surface area (Å²) in [4.78, 5) is 8.88. The van der Waals surface area contributed by atoms with Crippen LogP contribution >= 0.6 is 0 Å². The molecular formula is C20H31N5O2. The molecule has 1 saturated heterocycles. The lowest BCUT2D eigenvalue weighted by molar-refractivity contribution is 0.0203. The predicted octanol–water partition coefficient (Wildman–Crippen LogP) is 1.88. The first-order chi connectivity index (χ1) is 13.3. The van der Waals surface area contributed by atoms with Crippen LogP contribution < -0.4 is 10.6 Å². The Hall–Kier alpha value is -2.12. The lowest BCUT2D eigenvalue weighted by Gasteiger charge is -2.21. The number of pyridine rings is 1. The van der Waals surface area contributed by atoms with Crippen LogP contribution in [0.5, 0.6) is 0 Å². The van der Waals surface area contributed by atoms with Gasteiger partial charge in [-0.3, -0.25) is 4.99 Å². The Morgan fingerprint density at radius 3 is 2.96 bits per heavy atom. The quantitative estimate of drug-likeness (QED) is 0.399. The first-order valence-corrected chi connectivity index (χ1v) is 9.88. The summed E-state index contributed by atoms with van der Waals surface area (Å²) in [6, 6.07) is 6.03. The molecule has 0 atom stereocenters. The minimum absolute atomic E-state index is 0.667. The fourth-order valence-corrected chi connectivity index (χ4v) is 3.18. The fraction of sp³-hybridized carbons (Fsp3) is 0.600. The molecule has 0 bridgehead atoms. The van der Waals surface area contributed by atoms with E-state index >= 15 is 0 Å². The number of rotatable bonds is 9. The maximum atomic E-state index is 5.79. The molecule has 2 aromatic rings. The predicted molar refractivity (Wildman–Crippen MR) is 107 cm³/mol. The van der Waals surface area contributed by atoms with Crippen LogP contribution in [-0.2, 0) is 15.9 Å². The third-order valence-corrected chi connectivity index (χ3v) is 4.76. The SMILES string of the molecule is CN=C(NCCCOCC1CCOCC1)NCCc1cn2ccccc2n1. The van der Waals surface area contributed by atoms with Crippen LogP contribution in [0.1, 0.15) is 25.0 Å². The Labute approximate surface area is 161 Å². The van der Waals surface area contributed by atoms with Crippen molar-refractivity contribution in [3.63, 3.8) is 0 Å². The molecule has 1 fully saturated rings. The Kier molecular flexibility index (Phi) is 7.92. The summed E-state index contributed by atoms with van der Waals surface area (Å²) in [5, 5.41) is 6.67. The van der Waals surface area contributed by atoms with E-state index in [9.17, 15) is 0 Å². The van der Waals surface area contributed by atoms with Gasteiger partial charge in [0.05, 0.1) is 5.69 Å². The molecule has 0 amide bonds. The zero-order valence-corrected chi connectivity index (χ0v) is 16.2. The lowest BCUT2D eigenvalue weighted by atomic mass is 10.0. The first kappa shape index (κ1) is 19.6. The van der Waals surface area contributed by atoms with Crippen molar-refractivity contribution in [3.8, 4) is 0 Å². The van der Waals surface area contributed by atoms with Crippen LogP contribution in [0, 0.1) is 5.92 Å². The van der Waals surface area contributed by atoms with Crippen LogP contribution in [0.25, 0.3) is 5.65 Å². The molecule has 7 nitrogen and oxygen atoms in total. The van der Waals surface area contributed by atoms with Gasteiger partial charge in [-0.1, -0.05) is 6.07 Å². The molecule has 2 aromatic heterocycles. The van der Waals surface area contributed by atoms with Crippen molar-refractivity contribution in [2.75, 3.05) is 46.6 Å². The highest BCUT2D eigenvalue weighted by Crippen LogP contribution is 2.14. The maximum absolute atomic E-state index is 5.79. The van der Waals surface area contributed by atoms with E-state index in [1.165, 1.54) is 0 Å². The van der Waals surface area contributed by atoms with E-state index in [-0.39, 0.29) is 0 Å². The fourth-order valence-electron chi connectivity index (χ4n) is 3.18. The van der Waals surface area contributed by atoms with Gasteiger partial charge in [-0.15, -0.1) is 0 Å². The molecule has 0 aromatic carbocycles. The zero-order valence-electron chi connectivity index (χ0n) is 16.2. The van der Waals surface area contributed by atoms with Gasteiger partial charge in [0.2, 0.25) is 0 Å². The van der Waals surface area contributed by atoms with Crippen LogP contribution in [-0.4, -0.2) is 61.9 Å². The summed E-state index contributed by atoms with van der Waals surface area (Å²) in [6.45, 7) is 5.04. The van der Waals surface area contributed by atoms with Crippen molar-refractivity contribution in [2.24, 2.45) is 10.9 Å². The minimum Gasteiger partial charge on any atom is -0.381 e. The summed E-state index contributed by atoms with van der Waals surface area (Å²) in [7, 11) is 1.79. The summed E-state index contributed by atoms with van der Waals surface area (Å²) < 4.78 is 13.2. The summed E-state index contributed by atoms with van der Waals surface area (Å²) in [6.07, 6.45) is 8.17. The number of fused-ring (bicyclic) bond motifs is 1. The van der Waals surface area contributed by atoms with Crippen molar-refractivity contribution in [1.29, 1.82) is 0 Å². The van der Waals surface area contributed by atoms with Gasteiger partial charge in [0, 0.05) is 65.4 Å². The molecule has 2 N–H and O–H groups in total. The molecule has 1 aliphatic rings. The van der Waals surface area contributed by atoms with Crippen molar-refractivity contribution in [1.82, 2.24) is 20.0 Å². The van der Waals surface area contributed by atoms with E-state index in [4.69, 9.17) is 9.47 Å². The largest absolute Gasteiger partial charge is 0.381 e. The minimum atomic E-state index is 0.667. The van der Waals surface area contributed by atoms with Crippen LogP contribution in [0.3, 0.4) is 0 Å². The second kappa shape index (κ2) is 10.9. The van der Waals surface area contributed by atoms with Crippen molar-refractivity contribution < 1.29 is 9.47 Å². The van der Waals surface area contributed by atoms with E-state index in [0.717, 1.165) is 82.5 Å². The second-order valence-corrected chi connectivity index (χ2v) is 6.86. The van der Waals surface area contributed by atoms with Gasteiger partial charge in [0.15, 0.2) is 5.96 Å². The summed E-state index contributed by atoms with van der Waals surface area (Å²) >= 11 is 0. The number of guanidine groups is 1. The van der Waals surface area contributed by atoms with Gasteiger partial charge in [-0.05, 0) is 37.3 Å².